The number of sulfone groups is 1. The van der Waals surface area contributed by atoms with Crippen LogP contribution in [-0.4, -0.2) is 43.0 Å². The second kappa shape index (κ2) is 6.45. The largest absolute Gasteiger partial charge is 0.355 e. The van der Waals surface area contributed by atoms with E-state index in [1.807, 2.05) is 42.3 Å². The van der Waals surface area contributed by atoms with Gasteiger partial charge in [0.05, 0.1) is 11.5 Å². The maximum Gasteiger partial charge on any atom is 0.152 e. The van der Waals surface area contributed by atoms with E-state index in [0.717, 1.165) is 10.2 Å². The van der Waals surface area contributed by atoms with Gasteiger partial charge in [0.25, 0.3) is 0 Å². The van der Waals surface area contributed by atoms with Crippen LogP contribution >= 0.6 is 15.9 Å². The van der Waals surface area contributed by atoms with Crippen molar-refractivity contribution in [1.82, 2.24) is 9.97 Å². The molecular weight excluding hydrogens is 380 g/mol. The predicted octanol–water partition coefficient (Wildman–Crippen LogP) is 2.61. The monoisotopic (exact) mass is 396 g/mol. The van der Waals surface area contributed by atoms with E-state index in [1.54, 1.807) is 0 Å². The molecule has 0 radical (unpaired) electrons. The molecule has 122 valence electrons. The molecule has 1 aliphatic rings. The normalized spacial score (nSPS) is 19.5. The molecule has 2 aromatic rings. The van der Waals surface area contributed by atoms with Crippen molar-refractivity contribution in [2.24, 2.45) is 0 Å². The molecule has 3 rings (SSSR count). The third-order valence-electron chi connectivity index (χ3n) is 3.87. The average molecular weight is 397 g/mol. The molecule has 23 heavy (non-hydrogen) atoms. The molecule has 0 bridgehead atoms. The van der Waals surface area contributed by atoms with E-state index >= 15 is 0 Å². The smallest absolute Gasteiger partial charge is 0.152 e. The highest BCUT2D eigenvalue weighted by atomic mass is 79.9. The van der Waals surface area contributed by atoms with Crippen molar-refractivity contribution in [2.75, 3.05) is 28.8 Å². The molecule has 1 aliphatic heterocycles. The molecule has 1 unspecified atom stereocenters. The molecule has 1 saturated heterocycles. The lowest BCUT2D eigenvalue weighted by molar-refractivity contribution is 0.600. The van der Waals surface area contributed by atoms with Crippen LogP contribution < -0.4 is 10.2 Å². The van der Waals surface area contributed by atoms with E-state index < -0.39 is 9.84 Å². The molecule has 0 aliphatic carbocycles. The zero-order chi connectivity index (χ0) is 16.4. The van der Waals surface area contributed by atoms with Crippen molar-refractivity contribution < 1.29 is 8.42 Å². The summed E-state index contributed by atoms with van der Waals surface area (Å²) in [5.74, 6) is 1.80. The van der Waals surface area contributed by atoms with E-state index in [9.17, 15) is 8.42 Å². The zero-order valence-corrected chi connectivity index (χ0v) is 15.0. The van der Waals surface area contributed by atoms with Crippen molar-refractivity contribution in [1.29, 1.82) is 0 Å². The van der Waals surface area contributed by atoms with Gasteiger partial charge < -0.3 is 10.2 Å². The lowest BCUT2D eigenvalue weighted by Gasteiger charge is -2.24. The number of nitrogens with zero attached hydrogens (tertiary/aromatic N) is 3. The van der Waals surface area contributed by atoms with Gasteiger partial charge in [0.15, 0.2) is 9.84 Å². The van der Waals surface area contributed by atoms with Crippen LogP contribution in [0.2, 0.25) is 0 Å². The summed E-state index contributed by atoms with van der Waals surface area (Å²) in [5.41, 5.74) is 0.912. The highest BCUT2D eigenvalue weighted by Crippen LogP contribution is 2.24. The molecule has 0 spiro atoms. The van der Waals surface area contributed by atoms with Gasteiger partial charge in [0.1, 0.15) is 18.0 Å². The first-order valence-electron chi connectivity index (χ1n) is 7.21. The van der Waals surface area contributed by atoms with E-state index in [0.29, 0.717) is 18.1 Å². The molecular formula is C15H17BrN4O2S. The van der Waals surface area contributed by atoms with Crippen molar-refractivity contribution >= 4 is 43.1 Å². The van der Waals surface area contributed by atoms with Crippen molar-refractivity contribution in [3.8, 4) is 0 Å². The summed E-state index contributed by atoms with van der Waals surface area (Å²) in [6, 6.07) is 9.57. The Bertz CT molecular complexity index is 813. The lowest BCUT2D eigenvalue weighted by Crippen LogP contribution is -2.33. The van der Waals surface area contributed by atoms with Gasteiger partial charge in [-0.2, -0.15) is 0 Å². The first-order chi connectivity index (χ1) is 10.9. The average Bonchev–Trinajstić information content (AvgIpc) is 2.87. The predicted molar refractivity (Wildman–Crippen MR) is 94.9 cm³/mol. The van der Waals surface area contributed by atoms with Crippen LogP contribution in [0, 0.1) is 0 Å². The van der Waals surface area contributed by atoms with Gasteiger partial charge in [0.2, 0.25) is 0 Å². The summed E-state index contributed by atoms with van der Waals surface area (Å²) in [7, 11) is -1.05. The van der Waals surface area contributed by atoms with Crippen molar-refractivity contribution in [3.05, 3.63) is 41.1 Å². The van der Waals surface area contributed by atoms with Crippen LogP contribution in [-0.2, 0) is 9.84 Å². The van der Waals surface area contributed by atoms with Crippen molar-refractivity contribution in [2.45, 2.75) is 12.5 Å². The number of hydrogen-bond donors (Lipinski definition) is 1. The number of aromatic nitrogens is 2. The third kappa shape index (κ3) is 4.00. The van der Waals surface area contributed by atoms with Gasteiger partial charge in [-0.05, 0) is 24.6 Å². The van der Waals surface area contributed by atoms with Crippen LogP contribution in [0.15, 0.2) is 41.1 Å². The fourth-order valence-corrected chi connectivity index (χ4v) is 4.76. The summed E-state index contributed by atoms with van der Waals surface area (Å²) in [6.07, 6.45) is 2.12. The molecule has 1 N–H and O–H groups in total. The first kappa shape index (κ1) is 16.2. The van der Waals surface area contributed by atoms with Gasteiger partial charge >= 0.3 is 0 Å². The van der Waals surface area contributed by atoms with E-state index in [-0.39, 0.29) is 17.5 Å². The Morgan fingerprint density at radius 3 is 2.83 bits per heavy atom. The summed E-state index contributed by atoms with van der Waals surface area (Å²) >= 11 is 3.43. The zero-order valence-electron chi connectivity index (χ0n) is 12.6. The summed E-state index contributed by atoms with van der Waals surface area (Å²) in [4.78, 5) is 10.4. The molecule has 1 aromatic carbocycles. The van der Waals surface area contributed by atoms with Crippen LogP contribution in [0.3, 0.4) is 0 Å². The number of rotatable bonds is 4. The van der Waals surface area contributed by atoms with E-state index in [2.05, 4.69) is 31.2 Å². The number of benzene rings is 1. The Morgan fingerprint density at radius 1 is 1.30 bits per heavy atom. The van der Waals surface area contributed by atoms with Gasteiger partial charge in [0, 0.05) is 29.3 Å². The SMILES string of the molecule is CN(c1cc(Nc2cccc(Br)c2)ncn1)C1CCS(=O)(=O)C1. The van der Waals surface area contributed by atoms with Crippen LogP contribution in [0.25, 0.3) is 0 Å². The Balaban J connectivity index is 1.77. The number of halogens is 1. The van der Waals surface area contributed by atoms with Gasteiger partial charge in [-0.15, -0.1) is 0 Å². The minimum absolute atomic E-state index is 0.0337. The molecule has 6 nitrogen and oxygen atoms in total. The second-order valence-electron chi connectivity index (χ2n) is 5.56. The lowest BCUT2D eigenvalue weighted by atomic mass is 10.2. The highest BCUT2D eigenvalue weighted by molar-refractivity contribution is 9.10. The number of anilines is 3. The molecule has 2 heterocycles. The van der Waals surface area contributed by atoms with E-state index in [4.69, 9.17) is 0 Å². The quantitative estimate of drug-likeness (QED) is 0.855. The fraction of sp³-hybridized carbons (Fsp3) is 0.333. The number of hydrogen-bond acceptors (Lipinski definition) is 6. The van der Waals surface area contributed by atoms with Gasteiger partial charge in [-0.3, -0.25) is 0 Å². The third-order valence-corrected chi connectivity index (χ3v) is 6.11. The fourth-order valence-electron chi connectivity index (χ4n) is 2.59. The highest BCUT2D eigenvalue weighted by Gasteiger charge is 2.31. The maximum atomic E-state index is 11.6. The molecule has 1 aromatic heterocycles. The Morgan fingerprint density at radius 2 is 2.13 bits per heavy atom. The maximum absolute atomic E-state index is 11.6. The van der Waals surface area contributed by atoms with Crippen LogP contribution in [0.4, 0.5) is 17.3 Å². The van der Waals surface area contributed by atoms with Crippen LogP contribution in [0.1, 0.15) is 6.42 Å². The summed E-state index contributed by atoms with van der Waals surface area (Å²) in [5, 5.41) is 3.22. The second-order valence-corrected chi connectivity index (χ2v) is 8.71. The van der Waals surface area contributed by atoms with Crippen LogP contribution in [0.5, 0.6) is 0 Å². The minimum atomic E-state index is -2.92. The molecule has 1 fully saturated rings. The standard InChI is InChI=1S/C15H17BrN4O2S/c1-20(13-5-6-23(21,22)9-13)15-8-14(17-10-18-15)19-12-4-2-3-11(16)7-12/h2-4,7-8,10,13H,5-6,9H2,1H3,(H,17,18,19). The Kier molecular flexibility index (Phi) is 4.54. The molecule has 8 heteroatoms. The Labute approximate surface area is 144 Å². The topological polar surface area (TPSA) is 75.2 Å². The summed E-state index contributed by atoms with van der Waals surface area (Å²) in [6.45, 7) is 0. The minimum Gasteiger partial charge on any atom is -0.355 e. The molecule has 0 saturated carbocycles. The Hall–Kier alpha value is -1.67. The molecule has 0 amide bonds. The van der Waals surface area contributed by atoms with Gasteiger partial charge in [-0.25, -0.2) is 18.4 Å². The van der Waals surface area contributed by atoms with Gasteiger partial charge in [-0.1, -0.05) is 22.0 Å². The molecule has 1 atom stereocenters. The first-order valence-corrected chi connectivity index (χ1v) is 9.82. The van der Waals surface area contributed by atoms with E-state index in [1.165, 1.54) is 6.33 Å². The summed E-state index contributed by atoms with van der Waals surface area (Å²) < 4.78 is 24.3. The van der Waals surface area contributed by atoms with Crippen molar-refractivity contribution in [3.63, 3.8) is 0 Å². The number of nitrogens with one attached hydrogen (secondary N) is 1.